The Labute approximate surface area is 185 Å². The summed E-state index contributed by atoms with van der Waals surface area (Å²) in [5, 5.41) is 12.8. The Kier molecular flexibility index (Phi) is 7.06. The Morgan fingerprint density at radius 1 is 0.839 bits per heavy atom. The fourth-order valence-corrected chi connectivity index (χ4v) is 4.91. The highest BCUT2D eigenvalue weighted by molar-refractivity contribution is 5.97. The van der Waals surface area contributed by atoms with Crippen molar-refractivity contribution in [1.29, 1.82) is 0 Å². The van der Waals surface area contributed by atoms with Crippen LogP contribution in [-0.2, 0) is 15.8 Å². The lowest BCUT2D eigenvalue weighted by Crippen LogP contribution is -2.61. The molecule has 0 spiro atoms. The van der Waals surface area contributed by atoms with E-state index in [9.17, 15) is 9.90 Å². The average Bonchev–Trinajstić information content (AvgIpc) is 2.80. The van der Waals surface area contributed by atoms with Crippen LogP contribution >= 0.6 is 0 Å². The van der Waals surface area contributed by atoms with Crippen molar-refractivity contribution >= 4 is 5.78 Å². The first-order valence-electron chi connectivity index (χ1n) is 10.7. The summed E-state index contributed by atoms with van der Waals surface area (Å²) < 4.78 is 0. The van der Waals surface area contributed by atoms with Crippen molar-refractivity contribution < 1.29 is 9.90 Å². The Morgan fingerprint density at radius 3 is 1.58 bits per heavy atom. The molecule has 2 atom stereocenters. The van der Waals surface area contributed by atoms with Gasteiger partial charge in [-0.15, -0.1) is 0 Å². The number of hydrogen-bond acceptors (Lipinski definition) is 4. The van der Waals surface area contributed by atoms with E-state index in [1.807, 2.05) is 117 Å². The minimum atomic E-state index is -1.54. The SMILES string of the molecule is C[C@H](CN(C)C)[C@](O)(c1ccccc1)C(C(=O)CN)(c1ccccc1)c1ccccc1. The number of carbonyl (C=O) groups is 1. The second kappa shape index (κ2) is 9.56. The van der Waals surface area contributed by atoms with Crippen molar-refractivity contribution in [2.75, 3.05) is 27.2 Å². The number of hydrogen-bond donors (Lipinski definition) is 2. The second-order valence-electron chi connectivity index (χ2n) is 8.41. The zero-order valence-corrected chi connectivity index (χ0v) is 18.5. The number of nitrogens with two attached hydrogens (primary N) is 1. The molecular formula is C27H32N2O2. The molecule has 0 fully saturated rings. The summed E-state index contributed by atoms with van der Waals surface area (Å²) in [6, 6.07) is 28.6. The van der Waals surface area contributed by atoms with Crippen LogP contribution in [0.25, 0.3) is 0 Å². The molecule has 0 unspecified atom stereocenters. The molecule has 0 radical (unpaired) electrons. The quantitative estimate of drug-likeness (QED) is 0.560. The van der Waals surface area contributed by atoms with Crippen LogP contribution in [0.5, 0.6) is 0 Å². The monoisotopic (exact) mass is 416 g/mol. The molecular weight excluding hydrogens is 384 g/mol. The molecule has 0 heterocycles. The van der Waals surface area contributed by atoms with Gasteiger partial charge in [-0.3, -0.25) is 4.79 Å². The van der Waals surface area contributed by atoms with E-state index in [4.69, 9.17) is 5.73 Å². The molecule has 0 saturated carbocycles. The van der Waals surface area contributed by atoms with Crippen LogP contribution in [0.15, 0.2) is 91.0 Å². The summed E-state index contributed by atoms with van der Waals surface area (Å²) in [5.41, 5.74) is 5.27. The fraction of sp³-hybridized carbons (Fsp3) is 0.296. The van der Waals surface area contributed by atoms with Crippen LogP contribution in [-0.4, -0.2) is 43.0 Å². The summed E-state index contributed by atoms with van der Waals surface area (Å²) >= 11 is 0. The fourth-order valence-electron chi connectivity index (χ4n) is 4.91. The lowest BCUT2D eigenvalue weighted by molar-refractivity contribution is -0.140. The van der Waals surface area contributed by atoms with Crippen molar-refractivity contribution in [3.8, 4) is 0 Å². The molecule has 0 aliphatic carbocycles. The highest BCUT2D eigenvalue weighted by Crippen LogP contribution is 2.52. The van der Waals surface area contributed by atoms with Gasteiger partial charge < -0.3 is 15.7 Å². The van der Waals surface area contributed by atoms with Gasteiger partial charge in [0.25, 0.3) is 0 Å². The number of Topliss-reactive ketones (excluding diaryl/α,β-unsaturated/α-hetero) is 1. The number of nitrogens with zero attached hydrogens (tertiary/aromatic N) is 1. The van der Waals surface area contributed by atoms with Gasteiger partial charge in [0.2, 0.25) is 0 Å². The number of ketones is 1. The highest BCUT2D eigenvalue weighted by Gasteiger charge is 2.60. The maximum Gasteiger partial charge on any atom is 0.164 e. The van der Waals surface area contributed by atoms with Crippen molar-refractivity contribution in [2.24, 2.45) is 11.7 Å². The molecule has 0 aromatic heterocycles. The number of benzene rings is 3. The zero-order valence-electron chi connectivity index (χ0n) is 18.5. The predicted molar refractivity (Wildman–Crippen MR) is 126 cm³/mol. The molecule has 0 saturated heterocycles. The number of aliphatic hydroxyl groups is 1. The molecule has 0 aliphatic heterocycles. The Bertz CT molecular complexity index is 934. The Hall–Kier alpha value is -2.79. The van der Waals surface area contributed by atoms with E-state index in [-0.39, 0.29) is 18.2 Å². The van der Waals surface area contributed by atoms with Crippen LogP contribution in [0.1, 0.15) is 23.6 Å². The van der Waals surface area contributed by atoms with Gasteiger partial charge in [-0.2, -0.15) is 0 Å². The smallest absolute Gasteiger partial charge is 0.164 e. The first kappa shape index (κ1) is 22.9. The zero-order chi connectivity index (χ0) is 22.5. The van der Waals surface area contributed by atoms with Crippen molar-refractivity contribution in [3.05, 3.63) is 108 Å². The summed E-state index contributed by atoms with van der Waals surface area (Å²) in [6.45, 7) is 2.40. The largest absolute Gasteiger partial charge is 0.383 e. The highest BCUT2D eigenvalue weighted by atomic mass is 16.3. The molecule has 31 heavy (non-hydrogen) atoms. The average molecular weight is 417 g/mol. The van der Waals surface area contributed by atoms with Gasteiger partial charge >= 0.3 is 0 Å². The van der Waals surface area contributed by atoms with E-state index in [0.29, 0.717) is 12.1 Å². The van der Waals surface area contributed by atoms with Crippen LogP contribution in [0.2, 0.25) is 0 Å². The first-order chi connectivity index (χ1) is 14.9. The van der Waals surface area contributed by atoms with Crippen LogP contribution < -0.4 is 5.73 Å². The molecule has 0 aliphatic rings. The minimum Gasteiger partial charge on any atom is -0.383 e. The minimum absolute atomic E-state index is 0.187. The van der Waals surface area contributed by atoms with Crippen LogP contribution in [0.3, 0.4) is 0 Å². The molecule has 3 rings (SSSR count). The maximum atomic E-state index is 13.9. The molecule has 0 amide bonds. The maximum absolute atomic E-state index is 13.9. The van der Waals surface area contributed by atoms with E-state index in [2.05, 4.69) is 0 Å². The molecule has 3 N–H and O–H groups in total. The number of carbonyl (C=O) groups excluding carboxylic acids is 1. The van der Waals surface area contributed by atoms with Gasteiger partial charge in [0.15, 0.2) is 5.78 Å². The molecule has 3 aromatic rings. The summed E-state index contributed by atoms with van der Waals surface area (Å²) in [7, 11) is 3.94. The van der Waals surface area contributed by atoms with Crippen molar-refractivity contribution in [1.82, 2.24) is 4.90 Å². The first-order valence-corrected chi connectivity index (χ1v) is 10.7. The van der Waals surface area contributed by atoms with Gasteiger partial charge in [-0.05, 0) is 30.8 Å². The third kappa shape index (κ3) is 3.94. The molecule has 0 bridgehead atoms. The van der Waals surface area contributed by atoms with Crippen molar-refractivity contribution in [2.45, 2.75) is 17.9 Å². The van der Waals surface area contributed by atoms with Gasteiger partial charge in [0.05, 0.1) is 6.54 Å². The standard InChI is InChI=1S/C27H32N2O2/c1-21(20-29(2)3)27(31,24-17-11-6-12-18-24)26(25(30)19-28,22-13-7-4-8-14-22)23-15-9-5-10-16-23/h4-18,21,31H,19-20,28H2,1-3H3/t21-,27+/m1/s1. The van der Waals surface area contributed by atoms with Gasteiger partial charge in [-0.25, -0.2) is 0 Å². The molecule has 4 heteroatoms. The third-order valence-corrected chi connectivity index (χ3v) is 6.16. The van der Waals surface area contributed by atoms with E-state index in [1.54, 1.807) is 0 Å². The predicted octanol–water partition coefficient (Wildman–Crippen LogP) is 3.59. The lowest BCUT2D eigenvalue weighted by atomic mass is 9.54. The lowest BCUT2D eigenvalue weighted by Gasteiger charge is -2.51. The Morgan fingerprint density at radius 2 is 1.23 bits per heavy atom. The molecule has 162 valence electrons. The van der Waals surface area contributed by atoms with E-state index < -0.39 is 11.0 Å². The number of rotatable bonds is 9. The van der Waals surface area contributed by atoms with Crippen molar-refractivity contribution in [3.63, 3.8) is 0 Å². The van der Waals surface area contributed by atoms with Crippen LogP contribution in [0.4, 0.5) is 0 Å². The van der Waals surface area contributed by atoms with E-state index >= 15 is 0 Å². The van der Waals surface area contributed by atoms with E-state index in [1.165, 1.54) is 0 Å². The molecule has 4 nitrogen and oxygen atoms in total. The third-order valence-electron chi connectivity index (χ3n) is 6.16. The van der Waals surface area contributed by atoms with E-state index in [0.717, 1.165) is 11.1 Å². The summed E-state index contributed by atoms with van der Waals surface area (Å²) in [4.78, 5) is 16.0. The van der Waals surface area contributed by atoms with Gasteiger partial charge in [-0.1, -0.05) is 97.9 Å². The van der Waals surface area contributed by atoms with Gasteiger partial charge in [0.1, 0.15) is 11.0 Å². The normalized spacial score (nSPS) is 14.8. The summed E-state index contributed by atoms with van der Waals surface area (Å²) in [6.07, 6.45) is 0. The summed E-state index contributed by atoms with van der Waals surface area (Å²) in [5.74, 6) is -0.511. The van der Waals surface area contributed by atoms with Crippen LogP contribution in [0, 0.1) is 5.92 Å². The molecule has 3 aromatic carbocycles. The Balaban J connectivity index is 2.48. The van der Waals surface area contributed by atoms with Gasteiger partial charge in [0, 0.05) is 12.5 Å². The topological polar surface area (TPSA) is 66.6 Å². The second-order valence-corrected chi connectivity index (χ2v) is 8.41.